The van der Waals surface area contributed by atoms with Crippen LogP contribution in [-0.4, -0.2) is 25.5 Å². The second-order valence-corrected chi connectivity index (χ2v) is 7.30. The maximum atomic E-state index is 12.6. The number of nitrogens with zero attached hydrogens (tertiary/aromatic N) is 1. The summed E-state index contributed by atoms with van der Waals surface area (Å²) in [5.74, 6) is 0.434. The first kappa shape index (κ1) is 15.3. The smallest absolute Gasteiger partial charge is 0.244 e. The lowest BCUT2D eigenvalue weighted by Crippen LogP contribution is -2.43. The van der Waals surface area contributed by atoms with Gasteiger partial charge in [0.1, 0.15) is 10.7 Å². The number of anilines is 1. The molecule has 1 aromatic rings. The minimum atomic E-state index is -3.54. The number of sulfonamides is 1. The van der Waals surface area contributed by atoms with Gasteiger partial charge in [-0.2, -0.15) is 0 Å². The molecule has 112 valence electrons. The standard InChI is InChI=1S/C14H23N3O2S/c1-3-10-15-13-12(7-6-11-16-13)20(18,19)17-14(2)8-4-5-9-14/h6-7,11,17H,3-5,8-10H2,1-2H3,(H,15,16). The predicted octanol–water partition coefficient (Wildman–Crippen LogP) is 2.51. The molecule has 0 spiro atoms. The molecule has 5 nitrogen and oxygen atoms in total. The fourth-order valence-electron chi connectivity index (χ4n) is 2.62. The zero-order valence-electron chi connectivity index (χ0n) is 12.1. The van der Waals surface area contributed by atoms with E-state index in [-0.39, 0.29) is 10.4 Å². The number of hydrogen-bond acceptors (Lipinski definition) is 4. The van der Waals surface area contributed by atoms with Crippen LogP contribution in [0.25, 0.3) is 0 Å². The molecular weight excluding hydrogens is 274 g/mol. The van der Waals surface area contributed by atoms with E-state index in [1.54, 1.807) is 18.3 Å². The molecule has 1 fully saturated rings. The maximum Gasteiger partial charge on any atom is 0.244 e. The molecule has 0 aliphatic heterocycles. The molecule has 1 aliphatic rings. The molecule has 0 bridgehead atoms. The Labute approximate surface area is 121 Å². The van der Waals surface area contributed by atoms with Gasteiger partial charge in [-0.3, -0.25) is 0 Å². The van der Waals surface area contributed by atoms with Crippen LogP contribution >= 0.6 is 0 Å². The number of pyridine rings is 1. The van der Waals surface area contributed by atoms with Gasteiger partial charge in [0.2, 0.25) is 10.0 Å². The highest BCUT2D eigenvalue weighted by Gasteiger charge is 2.34. The number of hydrogen-bond donors (Lipinski definition) is 2. The summed E-state index contributed by atoms with van der Waals surface area (Å²) in [7, 11) is -3.54. The molecule has 0 atom stereocenters. The van der Waals surface area contributed by atoms with E-state index in [2.05, 4.69) is 15.0 Å². The molecular formula is C14H23N3O2S. The molecule has 1 aliphatic carbocycles. The first-order chi connectivity index (χ1) is 9.47. The molecule has 0 amide bonds. The molecule has 6 heteroatoms. The molecule has 0 unspecified atom stereocenters. The maximum absolute atomic E-state index is 12.6. The van der Waals surface area contributed by atoms with Crippen LogP contribution in [0.15, 0.2) is 23.2 Å². The van der Waals surface area contributed by atoms with Crippen LogP contribution in [0.1, 0.15) is 46.0 Å². The Kier molecular flexibility index (Phi) is 4.65. The van der Waals surface area contributed by atoms with E-state index in [0.29, 0.717) is 12.4 Å². The second-order valence-electron chi connectivity index (χ2n) is 5.65. The van der Waals surface area contributed by atoms with Crippen molar-refractivity contribution in [3.63, 3.8) is 0 Å². The Bertz CT molecular complexity index is 551. The summed E-state index contributed by atoms with van der Waals surface area (Å²) in [5, 5.41) is 3.08. The van der Waals surface area contributed by atoms with Gasteiger partial charge in [0.25, 0.3) is 0 Å². The van der Waals surface area contributed by atoms with Crippen LogP contribution in [0.4, 0.5) is 5.82 Å². The quantitative estimate of drug-likeness (QED) is 0.846. The summed E-state index contributed by atoms with van der Waals surface area (Å²) in [6.45, 7) is 4.71. The second kappa shape index (κ2) is 6.10. The average molecular weight is 297 g/mol. The Morgan fingerprint density at radius 3 is 2.70 bits per heavy atom. The van der Waals surface area contributed by atoms with Crippen LogP contribution in [0.2, 0.25) is 0 Å². The van der Waals surface area contributed by atoms with Gasteiger partial charge >= 0.3 is 0 Å². The molecule has 2 N–H and O–H groups in total. The fraction of sp³-hybridized carbons (Fsp3) is 0.643. The molecule has 1 aromatic heterocycles. The summed E-state index contributed by atoms with van der Waals surface area (Å²) in [4.78, 5) is 4.39. The topological polar surface area (TPSA) is 71.1 Å². The molecule has 0 radical (unpaired) electrons. The van der Waals surface area contributed by atoms with Gasteiger partial charge in [-0.1, -0.05) is 19.8 Å². The average Bonchev–Trinajstić information content (AvgIpc) is 2.82. The zero-order chi connectivity index (χ0) is 14.6. The van der Waals surface area contributed by atoms with Gasteiger partial charge in [0.15, 0.2) is 0 Å². The Morgan fingerprint density at radius 2 is 2.05 bits per heavy atom. The summed E-state index contributed by atoms with van der Waals surface area (Å²) < 4.78 is 28.0. The van der Waals surface area contributed by atoms with Crippen molar-refractivity contribution in [3.05, 3.63) is 18.3 Å². The largest absolute Gasteiger partial charge is 0.369 e. The lowest BCUT2D eigenvalue weighted by atomic mass is 10.0. The van der Waals surface area contributed by atoms with E-state index in [9.17, 15) is 8.42 Å². The molecule has 1 saturated carbocycles. The van der Waals surface area contributed by atoms with E-state index in [0.717, 1.165) is 32.1 Å². The summed E-state index contributed by atoms with van der Waals surface area (Å²) in [6, 6.07) is 3.26. The van der Waals surface area contributed by atoms with Crippen molar-refractivity contribution >= 4 is 15.8 Å². The van der Waals surface area contributed by atoms with E-state index in [1.165, 1.54) is 0 Å². The van der Waals surface area contributed by atoms with Crippen LogP contribution in [-0.2, 0) is 10.0 Å². The van der Waals surface area contributed by atoms with Gasteiger partial charge in [-0.15, -0.1) is 0 Å². The zero-order valence-corrected chi connectivity index (χ0v) is 13.0. The van der Waals surface area contributed by atoms with Crippen LogP contribution in [0, 0.1) is 0 Å². The summed E-state index contributed by atoms with van der Waals surface area (Å²) >= 11 is 0. The van der Waals surface area contributed by atoms with E-state index >= 15 is 0 Å². The van der Waals surface area contributed by atoms with Crippen molar-refractivity contribution < 1.29 is 8.42 Å². The van der Waals surface area contributed by atoms with Gasteiger partial charge in [-0.05, 0) is 38.3 Å². The molecule has 1 heterocycles. The molecule has 0 aromatic carbocycles. The fourth-order valence-corrected chi connectivity index (χ4v) is 4.22. The Balaban J connectivity index is 2.24. The van der Waals surface area contributed by atoms with Crippen molar-refractivity contribution in [1.29, 1.82) is 0 Å². The summed E-state index contributed by atoms with van der Waals surface area (Å²) in [5.41, 5.74) is -0.323. The number of nitrogens with one attached hydrogen (secondary N) is 2. The van der Waals surface area contributed by atoms with Crippen LogP contribution < -0.4 is 10.0 Å². The summed E-state index contributed by atoms with van der Waals surface area (Å²) in [6.07, 6.45) is 6.46. The van der Waals surface area contributed by atoms with Crippen LogP contribution in [0.5, 0.6) is 0 Å². The first-order valence-corrected chi connectivity index (χ1v) is 8.68. The molecule has 20 heavy (non-hydrogen) atoms. The van der Waals surface area contributed by atoms with Gasteiger partial charge in [-0.25, -0.2) is 18.1 Å². The Morgan fingerprint density at radius 1 is 1.35 bits per heavy atom. The van der Waals surface area contributed by atoms with Gasteiger partial charge in [0.05, 0.1) is 0 Å². The number of aromatic nitrogens is 1. The third kappa shape index (κ3) is 3.49. The minimum absolute atomic E-state index is 0.238. The molecule has 2 rings (SSSR count). The van der Waals surface area contributed by atoms with Crippen LogP contribution in [0.3, 0.4) is 0 Å². The van der Waals surface area contributed by atoms with E-state index < -0.39 is 10.0 Å². The minimum Gasteiger partial charge on any atom is -0.369 e. The van der Waals surface area contributed by atoms with E-state index in [1.807, 2.05) is 13.8 Å². The first-order valence-electron chi connectivity index (χ1n) is 7.20. The highest BCUT2D eigenvalue weighted by atomic mass is 32.2. The van der Waals surface area contributed by atoms with E-state index in [4.69, 9.17) is 0 Å². The van der Waals surface area contributed by atoms with Crippen molar-refractivity contribution in [2.75, 3.05) is 11.9 Å². The van der Waals surface area contributed by atoms with Crippen molar-refractivity contribution in [3.8, 4) is 0 Å². The van der Waals surface area contributed by atoms with Gasteiger partial charge < -0.3 is 5.32 Å². The third-order valence-electron chi connectivity index (χ3n) is 3.69. The monoisotopic (exact) mass is 297 g/mol. The highest BCUT2D eigenvalue weighted by molar-refractivity contribution is 7.89. The van der Waals surface area contributed by atoms with Crippen molar-refractivity contribution in [2.24, 2.45) is 0 Å². The SMILES string of the molecule is CCCNc1ncccc1S(=O)(=O)NC1(C)CCCC1. The third-order valence-corrected chi connectivity index (χ3v) is 5.36. The highest BCUT2D eigenvalue weighted by Crippen LogP contribution is 2.31. The molecule has 0 saturated heterocycles. The lowest BCUT2D eigenvalue weighted by molar-refractivity contribution is 0.427. The van der Waals surface area contributed by atoms with Crippen molar-refractivity contribution in [1.82, 2.24) is 9.71 Å². The lowest BCUT2D eigenvalue weighted by Gasteiger charge is -2.25. The number of rotatable bonds is 6. The Hall–Kier alpha value is -1.14. The predicted molar refractivity (Wildman–Crippen MR) is 80.2 cm³/mol. The normalized spacial score (nSPS) is 18.1. The van der Waals surface area contributed by atoms with Gasteiger partial charge in [0, 0.05) is 18.3 Å². The van der Waals surface area contributed by atoms with Crippen molar-refractivity contribution in [2.45, 2.75) is 56.4 Å².